The summed E-state index contributed by atoms with van der Waals surface area (Å²) in [5.74, 6) is 1.11. The highest BCUT2D eigenvalue weighted by Crippen LogP contribution is 1.98. The van der Waals surface area contributed by atoms with Gasteiger partial charge in [0, 0.05) is 25.0 Å². The van der Waals surface area contributed by atoms with Crippen molar-refractivity contribution in [3.8, 4) is 0 Å². The van der Waals surface area contributed by atoms with Gasteiger partial charge >= 0.3 is 23.1 Å². The highest BCUT2D eigenvalue weighted by Gasteiger charge is 1.94. The molecule has 0 amide bonds. The van der Waals surface area contributed by atoms with Gasteiger partial charge in [-0.15, -0.1) is 23.2 Å². The topological polar surface area (TPSA) is 9.23 Å². The van der Waals surface area contributed by atoms with Crippen molar-refractivity contribution in [2.45, 2.75) is 12.8 Å². The Kier molecular flexibility index (Phi) is 17.9. The Morgan fingerprint density at radius 3 is 1.50 bits per heavy atom. The minimum Gasteiger partial charge on any atom is -0.381 e. The van der Waals surface area contributed by atoms with Crippen LogP contribution in [0.4, 0.5) is 0 Å². The van der Waals surface area contributed by atoms with Crippen molar-refractivity contribution in [2.24, 2.45) is 0 Å². The fraction of sp³-hybridized carbons (Fsp3) is 1.00. The van der Waals surface area contributed by atoms with E-state index in [9.17, 15) is 0 Å². The van der Waals surface area contributed by atoms with E-state index in [2.05, 4.69) is 0 Å². The van der Waals surface area contributed by atoms with Crippen molar-refractivity contribution in [2.75, 3.05) is 25.0 Å². The summed E-state index contributed by atoms with van der Waals surface area (Å²) in [5.41, 5.74) is 0. The predicted octanol–water partition coefficient (Wildman–Crippen LogP) is 1.34. The van der Waals surface area contributed by atoms with Crippen LogP contribution in [0.3, 0.4) is 0 Å². The zero-order valence-electron chi connectivity index (χ0n) is 5.41. The molecular formula is C6H14Cl2MgO. The van der Waals surface area contributed by atoms with Crippen LogP contribution < -0.4 is 0 Å². The molecule has 0 atom stereocenters. The Morgan fingerprint density at radius 1 is 1.00 bits per heavy atom. The van der Waals surface area contributed by atoms with E-state index in [0.29, 0.717) is 11.8 Å². The molecule has 10 heavy (non-hydrogen) atoms. The van der Waals surface area contributed by atoms with E-state index < -0.39 is 0 Å². The summed E-state index contributed by atoms with van der Waals surface area (Å²) in [4.78, 5) is 0. The molecule has 1 heterocycles. The first-order chi connectivity index (χ1) is 4.41. The lowest BCUT2D eigenvalue weighted by atomic mass is 10.4. The number of hydrogen-bond donors (Lipinski definition) is 0. The van der Waals surface area contributed by atoms with Gasteiger partial charge in [0.1, 0.15) is 0 Å². The van der Waals surface area contributed by atoms with Crippen molar-refractivity contribution in [3.05, 3.63) is 0 Å². The average molecular weight is 197 g/mol. The Hall–Kier alpha value is 1.31. The van der Waals surface area contributed by atoms with E-state index in [1.54, 1.807) is 0 Å². The summed E-state index contributed by atoms with van der Waals surface area (Å²) < 4.78 is 4.94. The van der Waals surface area contributed by atoms with Crippen LogP contribution in [0.25, 0.3) is 0 Å². The van der Waals surface area contributed by atoms with E-state index in [-0.39, 0.29) is 23.1 Å². The molecule has 0 radical (unpaired) electrons. The molecule has 4 heteroatoms. The first kappa shape index (κ1) is 13.9. The second-order valence-electron chi connectivity index (χ2n) is 1.70. The maximum absolute atomic E-state index is 5.05. The van der Waals surface area contributed by atoms with E-state index in [4.69, 9.17) is 27.9 Å². The van der Waals surface area contributed by atoms with E-state index >= 15 is 0 Å². The Labute approximate surface area is 88.6 Å². The lowest BCUT2D eigenvalue weighted by Crippen LogP contribution is -1.74. The zero-order valence-corrected chi connectivity index (χ0v) is 6.92. The summed E-state index contributed by atoms with van der Waals surface area (Å²) >= 11 is 10.1. The monoisotopic (exact) mass is 196 g/mol. The molecule has 0 bridgehead atoms. The first-order valence-electron chi connectivity index (χ1n) is 3.11. The summed E-state index contributed by atoms with van der Waals surface area (Å²) in [7, 11) is 0. The standard InChI is InChI=1S/C4H8O.C2H4Cl2.Mg.2H/c1-2-4-5-3-1;3-1-2-4;;;/h1-4H2;1-2H2;;;. The zero-order chi connectivity index (χ0) is 6.95. The van der Waals surface area contributed by atoms with Gasteiger partial charge in [-0.1, -0.05) is 0 Å². The van der Waals surface area contributed by atoms with Crippen LogP contribution in [-0.2, 0) is 4.74 Å². The molecule has 1 nitrogen and oxygen atoms in total. The van der Waals surface area contributed by atoms with Gasteiger partial charge in [0.05, 0.1) is 0 Å². The van der Waals surface area contributed by atoms with Crippen LogP contribution >= 0.6 is 23.2 Å². The van der Waals surface area contributed by atoms with Gasteiger partial charge in [0.15, 0.2) is 0 Å². The number of halogens is 2. The van der Waals surface area contributed by atoms with Gasteiger partial charge in [0.25, 0.3) is 0 Å². The molecule has 60 valence electrons. The van der Waals surface area contributed by atoms with Crippen molar-refractivity contribution < 1.29 is 4.74 Å². The smallest absolute Gasteiger partial charge is 0.316 e. The number of hydrogen-bond acceptors (Lipinski definition) is 1. The van der Waals surface area contributed by atoms with E-state index in [0.717, 1.165) is 13.2 Å². The minimum absolute atomic E-state index is 0. The van der Waals surface area contributed by atoms with Crippen molar-refractivity contribution in [1.82, 2.24) is 0 Å². The molecule has 0 aromatic rings. The summed E-state index contributed by atoms with van der Waals surface area (Å²) in [5, 5.41) is 0. The third-order valence-corrected chi connectivity index (χ3v) is 1.47. The van der Waals surface area contributed by atoms with Crippen molar-refractivity contribution in [3.63, 3.8) is 0 Å². The summed E-state index contributed by atoms with van der Waals surface area (Å²) in [6.45, 7) is 2.00. The molecule has 1 aliphatic heterocycles. The lowest BCUT2D eigenvalue weighted by molar-refractivity contribution is 0.198. The van der Waals surface area contributed by atoms with Gasteiger partial charge < -0.3 is 4.74 Å². The molecule has 0 aliphatic carbocycles. The minimum atomic E-state index is 0. The van der Waals surface area contributed by atoms with Gasteiger partial charge in [-0.25, -0.2) is 0 Å². The van der Waals surface area contributed by atoms with Gasteiger partial charge in [-0.2, -0.15) is 0 Å². The molecule has 0 unspecified atom stereocenters. The average Bonchev–Trinajstić information content (AvgIpc) is 2.43. The van der Waals surface area contributed by atoms with Gasteiger partial charge in [-0.05, 0) is 12.8 Å². The molecule has 0 aromatic heterocycles. The third kappa shape index (κ3) is 12.0. The van der Waals surface area contributed by atoms with Crippen LogP contribution in [0.2, 0.25) is 0 Å². The van der Waals surface area contributed by atoms with E-state index in [1.807, 2.05) is 0 Å². The molecule has 1 rings (SSSR count). The van der Waals surface area contributed by atoms with Crippen molar-refractivity contribution >= 4 is 46.3 Å². The predicted molar refractivity (Wildman–Crippen MR) is 50.0 cm³/mol. The Balaban J connectivity index is 0. The molecule has 0 N–H and O–H groups in total. The maximum atomic E-state index is 5.05. The van der Waals surface area contributed by atoms with Crippen LogP contribution in [0, 0.1) is 0 Å². The first-order valence-corrected chi connectivity index (χ1v) is 4.18. The Morgan fingerprint density at radius 2 is 1.40 bits per heavy atom. The normalized spacial score (nSPS) is 15.0. The fourth-order valence-corrected chi connectivity index (χ4v) is 0.510. The molecule has 0 aromatic carbocycles. The quantitative estimate of drug-likeness (QED) is 0.455. The molecular weight excluding hydrogens is 183 g/mol. The summed E-state index contributed by atoms with van der Waals surface area (Å²) in [6.07, 6.45) is 2.56. The van der Waals surface area contributed by atoms with E-state index in [1.165, 1.54) is 12.8 Å². The van der Waals surface area contributed by atoms with Crippen LogP contribution in [0.1, 0.15) is 12.8 Å². The molecule has 1 fully saturated rings. The van der Waals surface area contributed by atoms with Crippen LogP contribution in [-0.4, -0.2) is 48.0 Å². The number of rotatable bonds is 1. The largest absolute Gasteiger partial charge is 0.381 e. The molecule has 1 saturated heterocycles. The third-order valence-electron chi connectivity index (χ3n) is 0.899. The summed E-state index contributed by atoms with van der Waals surface area (Å²) in [6, 6.07) is 0. The van der Waals surface area contributed by atoms with Gasteiger partial charge in [0.2, 0.25) is 0 Å². The molecule has 0 spiro atoms. The van der Waals surface area contributed by atoms with Crippen LogP contribution in [0.5, 0.6) is 0 Å². The van der Waals surface area contributed by atoms with Crippen LogP contribution in [0.15, 0.2) is 0 Å². The lowest BCUT2D eigenvalue weighted by Gasteiger charge is -1.76. The van der Waals surface area contributed by atoms with Gasteiger partial charge in [-0.3, -0.25) is 0 Å². The molecule has 0 saturated carbocycles. The number of ether oxygens (including phenoxy) is 1. The van der Waals surface area contributed by atoms with Crippen molar-refractivity contribution in [1.29, 1.82) is 0 Å². The SMILES string of the molecule is C1CCOC1.ClCCCl.[MgH2]. The second-order valence-corrected chi connectivity index (χ2v) is 2.45. The fourth-order valence-electron chi connectivity index (χ4n) is 0.510. The second kappa shape index (κ2) is 12.9. The molecule has 1 aliphatic rings. The Bertz CT molecular complexity index is 41.4. The number of alkyl halides is 2. The highest BCUT2D eigenvalue weighted by atomic mass is 35.5. The highest BCUT2D eigenvalue weighted by molar-refractivity contribution is 6.25. The maximum Gasteiger partial charge on any atom is 0.316 e.